The Bertz CT molecular complexity index is 712. The number of carbonyl (C=O) groups excluding carboxylic acids is 1. The van der Waals surface area contributed by atoms with Crippen molar-refractivity contribution in [3.8, 4) is 0 Å². The highest BCUT2D eigenvalue weighted by Crippen LogP contribution is 2.24. The van der Waals surface area contributed by atoms with E-state index in [9.17, 15) is 9.59 Å². The minimum atomic E-state index is -1.22. The predicted molar refractivity (Wildman–Crippen MR) is 93.7 cm³/mol. The number of carbonyl (C=O) groups is 2. The predicted octanol–water partition coefficient (Wildman–Crippen LogP) is 2.39. The van der Waals surface area contributed by atoms with Gasteiger partial charge in [0.25, 0.3) is 0 Å². The molecule has 0 aliphatic heterocycles. The summed E-state index contributed by atoms with van der Waals surface area (Å²) in [7, 11) is 0. The highest BCUT2D eigenvalue weighted by Gasteiger charge is 2.22. The molecule has 0 aliphatic rings. The summed E-state index contributed by atoms with van der Waals surface area (Å²) in [5.74, 6) is -0.341. The average Bonchev–Trinajstić information content (AvgIpc) is 2.57. The third-order valence-corrected chi connectivity index (χ3v) is 3.96. The lowest BCUT2D eigenvalue weighted by Crippen LogP contribution is -2.47. The van der Waals surface area contributed by atoms with E-state index in [1.54, 1.807) is 0 Å². The van der Waals surface area contributed by atoms with E-state index in [2.05, 4.69) is 10.6 Å². The highest BCUT2D eigenvalue weighted by molar-refractivity contribution is 5.88. The molecule has 0 bridgehead atoms. The molecule has 2 atom stereocenters. The molecule has 2 rings (SSSR count). The van der Waals surface area contributed by atoms with Gasteiger partial charge in [-0.25, -0.2) is 4.79 Å². The van der Waals surface area contributed by atoms with Gasteiger partial charge in [-0.3, -0.25) is 4.79 Å². The second-order valence-corrected chi connectivity index (χ2v) is 5.73. The quantitative estimate of drug-likeness (QED) is 0.626. The number of fused-ring (bicyclic) bond motifs is 1. The number of carboxylic acid groups (broad SMARTS) is 1. The molecule has 2 aromatic rings. The minimum absolute atomic E-state index is 0.237. The van der Waals surface area contributed by atoms with Crippen molar-refractivity contribution in [2.75, 3.05) is 6.54 Å². The topological polar surface area (TPSA) is 104 Å². The molecule has 6 heteroatoms. The fourth-order valence-electron chi connectivity index (χ4n) is 2.76. The molecular formula is C18H23N3O3. The van der Waals surface area contributed by atoms with Crippen LogP contribution in [0.15, 0.2) is 42.5 Å². The van der Waals surface area contributed by atoms with Gasteiger partial charge < -0.3 is 21.5 Å². The van der Waals surface area contributed by atoms with Crippen LogP contribution in [0.25, 0.3) is 10.8 Å². The van der Waals surface area contributed by atoms with Crippen molar-refractivity contribution >= 4 is 22.8 Å². The van der Waals surface area contributed by atoms with Gasteiger partial charge >= 0.3 is 6.09 Å². The Kier molecular flexibility index (Phi) is 6.14. The van der Waals surface area contributed by atoms with Gasteiger partial charge in [-0.15, -0.1) is 0 Å². The first-order valence-electron chi connectivity index (χ1n) is 8.00. The summed E-state index contributed by atoms with van der Waals surface area (Å²) in [5.41, 5.74) is 6.45. The maximum absolute atomic E-state index is 12.4. The van der Waals surface area contributed by atoms with Gasteiger partial charge in [-0.05, 0) is 42.6 Å². The van der Waals surface area contributed by atoms with Crippen molar-refractivity contribution in [2.24, 2.45) is 5.73 Å². The summed E-state index contributed by atoms with van der Waals surface area (Å²) < 4.78 is 0. The van der Waals surface area contributed by atoms with Gasteiger partial charge in [0.2, 0.25) is 5.91 Å². The van der Waals surface area contributed by atoms with E-state index in [4.69, 9.17) is 10.8 Å². The van der Waals surface area contributed by atoms with E-state index in [1.165, 1.54) is 0 Å². The number of hydrogen-bond acceptors (Lipinski definition) is 3. The number of amides is 2. The molecule has 2 aromatic carbocycles. The van der Waals surface area contributed by atoms with Crippen LogP contribution in [0.1, 0.15) is 31.4 Å². The molecule has 6 nitrogen and oxygen atoms in total. The molecule has 0 fully saturated rings. The second-order valence-electron chi connectivity index (χ2n) is 5.73. The van der Waals surface area contributed by atoms with E-state index in [1.807, 2.05) is 49.4 Å². The zero-order chi connectivity index (χ0) is 17.5. The molecule has 0 aromatic heterocycles. The third kappa shape index (κ3) is 4.45. The Hall–Kier alpha value is -2.60. The first-order valence-corrected chi connectivity index (χ1v) is 8.00. The third-order valence-electron chi connectivity index (χ3n) is 3.96. The van der Waals surface area contributed by atoms with Crippen LogP contribution >= 0.6 is 0 Å². The van der Waals surface area contributed by atoms with Crippen molar-refractivity contribution in [1.29, 1.82) is 0 Å². The maximum Gasteiger partial charge on any atom is 0.405 e. The van der Waals surface area contributed by atoms with Crippen LogP contribution in [0.5, 0.6) is 0 Å². The van der Waals surface area contributed by atoms with Crippen molar-refractivity contribution in [3.05, 3.63) is 48.0 Å². The van der Waals surface area contributed by atoms with E-state index < -0.39 is 12.1 Å². The van der Waals surface area contributed by atoms with Crippen LogP contribution in [0.4, 0.5) is 4.79 Å². The van der Waals surface area contributed by atoms with Gasteiger partial charge in [0.15, 0.2) is 0 Å². The first kappa shape index (κ1) is 17.7. The van der Waals surface area contributed by atoms with Gasteiger partial charge in [-0.2, -0.15) is 0 Å². The van der Waals surface area contributed by atoms with Crippen LogP contribution < -0.4 is 16.4 Å². The number of benzene rings is 2. The van der Waals surface area contributed by atoms with Crippen molar-refractivity contribution in [1.82, 2.24) is 10.6 Å². The monoisotopic (exact) mass is 329 g/mol. The summed E-state index contributed by atoms with van der Waals surface area (Å²) in [4.78, 5) is 23.3. The fraction of sp³-hybridized carbons (Fsp3) is 0.333. The molecule has 0 radical (unpaired) electrons. The molecule has 0 saturated carbocycles. The summed E-state index contributed by atoms with van der Waals surface area (Å²) in [6, 6.07) is 12.8. The molecule has 0 aliphatic carbocycles. The van der Waals surface area contributed by atoms with Crippen LogP contribution in [0, 0.1) is 0 Å². The lowest BCUT2D eigenvalue weighted by atomic mass is 9.99. The van der Waals surface area contributed by atoms with Gasteiger partial charge in [0.05, 0.1) is 6.04 Å². The molecule has 0 heterocycles. The molecular weight excluding hydrogens is 306 g/mol. The Balaban J connectivity index is 2.15. The lowest BCUT2D eigenvalue weighted by molar-refractivity contribution is -0.123. The minimum Gasteiger partial charge on any atom is -0.465 e. The number of hydrogen-bond donors (Lipinski definition) is 4. The van der Waals surface area contributed by atoms with Gasteiger partial charge in [0, 0.05) is 0 Å². The number of nitrogens with one attached hydrogen (secondary N) is 2. The summed E-state index contributed by atoms with van der Waals surface area (Å²) in [6.07, 6.45) is -0.275. The van der Waals surface area contributed by atoms with E-state index in [0.717, 1.165) is 16.3 Å². The molecule has 5 N–H and O–H groups in total. The van der Waals surface area contributed by atoms with E-state index >= 15 is 0 Å². The normalized spacial score (nSPS) is 13.2. The first-order chi connectivity index (χ1) is 11.5. The highest BCUT2D eigenvalue weighted by atomic mass is 16.4. The van der Waals surface area contributed by atoms with Crippen molar-refractivity contribution < 1.29 is 14.7 Å². The Morgan fingerprint density at radius 1 is 1.12 bits per heavy atom. The SMILES string of the molecule is C[C@H](NC(=O)C(CCCN)NC(=O)O)c1cccc2ccccc12. The molecule has 128 valence electrons. The molecule has 1 unspecified atom stereocenters. The standard InChI is InChI=1S/C18H23N3O3/c1-12(14-9-4-7-13-6-2-3-8-15(13)14)20-17(22)16(10-5-11-19)21-18(23)24/h2-4,6-9,12,16,21H,5,10-11,19H2,1H3,(H,20,22)(H,23,24)/t12-,16?/m0/s1. The van der Waals surface area contributed by atoms with Crippen molar-refractivity contribution in [3.63, 3.8) is 0 Å². The molecule has 24 heavy (non-hydrogen) atoms. The fourth-order valence-corrected chi connectivity index (χ4v) is 2.76. The number of nitrogens with two attached hydrogens (primary N) is 1. The van der Waals surface area contributed by atoms with E-state index in [0.29, 0.717) is 19.4 Å². The maximum atomic E-state index is 12.4. The zero-order valence-corrected chi connectivity index (χ0v) is 13.7. The molecule has 0 spiro atoms. The second kappa shape index (κ2) is 8.31. The van der Waals surface area contributed by atoms with E-state index in [-0.39, 0.29) is 11.9 Å². The smallest absolute Gasteiger partial charge is 0.405 e. The average molecular weight is 329 g/mol. The van der Waals surface area contributed by atoms with Crippen LogP contribution in [0.2, 0.25) is 0 Å². The Morgan fingerprint density at radius 2 is 1.83 bits per heavy atom. The van der Waals surface area contributed by atoms with Crippen molar-refractivity contribution in [2.45, 2.75) is 31.8 Å². The largest absolute Gasteiger partial charge is 0.465 e. The summed E-state index contributed by atoms with van der Waals surface area (Å²) in [6.45, 7) is 2.30. The van der Waals surface area contributed by atoms with Crippen LogP contribution in [0.3, 0.4) is 0 Å². The molecule has 2 amide bonds. The van der Waals surface area contributed by atoms with Gasteiger partial charge in [0.1, 0.15) is 6.04 Å². The number of rotatable bonds is 7. The Labute approximate surface area is 141 Å². The lowest BCUT2D eigenvalue weighted by Gasteiger charge is -2.21. The summed E-state index contributed by atoms with van der Waals surface area (Å²) in [5, 5.41) is 16.2. The summed E-state index contributed by atoms with van der Waals surface area (Å²) >= 11 is 0. The zero-order valence-electron chi connectivity index (χ0n) is 13.7. The molecule has 0 saturated heterocycles. The Morgan fingerprint density at radius 3 is 2.54 bits per heavy atom. The van der Waals surface area contributed by atoms with Crippen LogP contribution in [-0.2, 0) is 4.79 Å². The van der Waals surface area contributed by atoms with Gasteiger partial charge in [-0.1, -0.05) is 42.5 Å². The van der Waals surface area contributed by atoms with Crippen LogP contribution in [-0.4, -0.2) is 29.7 Å².